The van der Waals surface area contributed by atoms with E-state index in [0.717, 1.165) is 11.1 Å². The Morgan fingerprint density at radius 2 is 1.83 bits per heavy atom. The fourth-order valence-corrected chi connectivity index (χ4v) is 2.05. The van der Waals surface area contributed by atoms with Crippen molar-refractivity contribution < 1.29 is 9.13 Å². The highest BCUT2D eigenvalue weighted by atomic mass is 79.9. The molecule has 0 aliphatic heterocycles. The molecule has 0 saturated carbocycles. The normalized spacial score (nSPS) is 10.4. The molecule has 0 unspecified atom stereocenters. The van der Waals surface area contributed by atoms with Crippen LogP contribution in [0.5, 0.6) is 5.75 Å². The van der Waals surface area contributed by atoms with Gasteiger partial charge in [-0.2, -0.15) is 0 Å². The zero-order valence-electron chi connectivity index (χ0n) is 9.50. The second-order valence-electron chi connectivity index (χ2n) is 3.78. The molecule has 94 valence electrons. The van der Waals surface area contributed by atoms with Gasteiger partial charge in [0.05, 0.1) is 5.02 Å². The molecule has 18 heavy (non-hydrogen) atoms. The van der Waals surface area contributed by atoms with Crippen LogP contribution in [0.1, 0.15) is 11.1 Å². The summed E-state index contributed by atoms with van der Waals surface area (Å²) < 4.78 is 18.8. The van der Waals surface area contributed by atoms with Crippen LogP contribution in [0.15, 0.2) is 42.5 Å². The Kier molecular flexibility index (Phi) is 4.61. The summed E-state index contributed by atoms with van der Waals surface area (Å²) in [6.07, 6.45) is 0. The lowest BCUT2D eigenvalue weighted by Crippen LogP contribution is -1.97. The van der Waals surface area contributed by atoms with Gasteiger partial charge in [-0.05, 0) is 23.8 Å². The molecular weight excluding hydrogens is 319 g/mol. The first kappa shape index (κ1) is 13.4. The Hall–Kier alpha value is -1.06. The van der Waals surface area contributed by atoms with Gasteiger partial charge in [0.15, 0.2) is 0 Å². The lowest BCUT2D eigenvalue weighted by molar-refractivity contribution is 0.305. The Bertz CT molecular complexity index is 528. The molecule has 0 aromatic heterocycles. The van der Waals surface area contributed by atoms with Crippen LogP contribution in [-0.4, -0.2) is 0 Å². The minimum atomic E-state index is -0.424. The molecule has 0 atom stereocenters. The number of benzene rings is 2. The second kappa shape index (κ2) is 6.21. The van der Waals surface area contributed by atoms with E-state index >= 15 is 0 Å². The molecule has 0 bridgehead atoms. The van der Waals surface area contributed by atoms with Gasteiger partial charge in [0, 0.05) is 10.9 Å². The molecule has 0 amide bonds. The molecule has 0 aliphatic rings. The van der Waals surface area contributed by atoms with Gasteiger partial charge >= 0.3 is 0 Å². The van der Waals surface area contributed by atoms with E-state index in [-0.39, 0.29) is 11.6 Å². The van der Waals surface area contributed by atoms with Crippen molar-refractivity contribution in [1.82, 2.24) is 0 Å². The highest BCUT2D eigenvalue weighted by molar-refractivity contribution is 9.08. The minimum absolute atomic E-state index is 0.120. The zero-order valence-corrected chi connectivity index (χ0v) is 11.8. The SMILES string of the molecule is Fc1cccc(COc2ccc(CBr)cc2)c1Cl. The molecule has 2 aromatic carbocycles. The van der Waals surface area contributed by atoms with Crippen molar-refractivity contribution >= 4 is 27.5 Å². The molecule has 0 fully saturated rings. The molecular formula is C14H11BrClFO. The van der Waals surface area contributed by atoms with Crippen LogP contribution in [-0.2, 0) is 11.9 Å². The fraction of sp³-hybridized carbons (Fsp3) is 0.143. The van der Waals surface area contributed by atoms with E-state index in [4.69, 9.17) is 16.3 Å². The van der Waals surface area contributed by atoms with Crippen LogP contribution in [0.4, 0.5) is 4.39 Å². The van der Waals surface area contributed by atoms with Gasteiger partial charge in [0.2, 0.25) is 0 Å². The average molecular weight is 330 g/mol. The monoisotopic (exact) mass is 328 g/mol. The highest BCUT2D eigenvalue weighted by Crippen LogP contribution is 2.22. The average Bonchev–Trinajstić information content (AvgIpc) is 2.41. The molecule has 0 aliphatic carbocycles. The van der Waals surface area contributed by atoms with Crippen molar-refractivity contribution in [1.29, 1.82) is 0 Å². The van der Waals surface area contributed by atoms with Gasteiger partial charge in [0.1, 0.15) is 18.2 Å². The molecule has 1 nitrogen and oxygen atoms in total. The number of halogens is 3. The standard InChI is InChI=1S/C14H11BrClFO/c15-8-10-4-6-12(7-5-10)18-9-11-2-1-3-13(17)14(11)16/h1-7H,8-9H2. The third-order valence-electron chi connectivity index (χ3n) is 2.50. The first-order valence-electron chi connectivity index (χ1n) is 5.41. The van der Waals surface area contributed by atoms with Gasteiger partial charge in [-0.25, -0.2) is 4.39 Å². The summed E-state index contributed by atoms with van der Waals surface area (Å²) in [6, 6.07) is 12.4. The van der Waals surface area contributed by atoms with Crippen LogP contribution < -0.4 is 4.74 Å². The van der Waals surface area contributed by atoms with Gasteiger partial charge in [-0.1, -0.05) is 51.8 Å². The summed E-state index contributed by atoms with van der Waals surface area (Å²) in [5.41, 5.74) is 1.81. The van der Waals surface area contributed by atoms with Crippen molar-refractivity contribution in [3.63, 3.8) is 0 Å². The van der Waals surface area contributed by atoms with E-state index in [1.807, 2.05) is 24.3 Å². The molecule has 4 heteroatoms. The third kappa shape index (κ3) is 3.24. The Morgan fingerprint density at radius 1 is 1.11 bits per heavy atom. The van der Waals surface area contributed by atoms with E-state index in [1.165, 1.54) is 11.6 Å². The van der Waals surface area contributed by atoms with E-state index in [1.54, 1.807) is 12.1 Å². The number of rotatable bonds is 4. The highest BCUT2D eigenvalue weighted by Gasteiger charge is 2.06. The number of ether oxygens (including phenoxy) is 1. The summed E-state index contributed by atoms with van der Waals surface area (Å²) in [5.74, 6) is 0.312. The van der Waals surface area contributed by atoms with Crippen molar-refractivity contribution in [3.8, 4) is 5.75 Å². The molecule has 0 heterocycles. The summed E-state index contributed by atoms with van der Waals surface area (Å²) >= 11 is 9.22. The van der Waals surface area contributed by atoms with Crippen LogP contribution in [0.3, 0.4) is 0 Å². The maximum absolute atomic E-state index is 13.2. The molecule has 2 rings (SSSR count). The lowest BCUT2D eigenvalue weighted by atomic mass is 10.2. The quantitative estimate of drug-likeness (QED) is 0.721. The first-order valence-corrected chi connectivity index (χ1v) is 6.91. The Morgan fingerprint density at radius 3 is 2.50 bits per heavy atom. The van der Waals surface area contributed by atoms with Crippen molar-refractivity contribution in [2.75, 3.05) is 0 Å². The predicted octanol–water partition coefficient (Wildman–Crippen LogP) is 4.95. The maximum atomic E-state index is 13.2. The first-order chi connectivity index (χ1) is 8.70. The van der Waals surface area contributed by atoms with Crippen LogP contribution >= 0.6 is 27.5 Å². The number of hydrogen-bond donors (Lipinski definition) is 0. The van der Waals surface area contributed by atoms with Crippen LogP contribution in [0.2, 0.25) is 5.02 Å². The number of hydrogen-bond acceptors (Lipinski definition) is 1. The van der Waals surface area contributed by atoms with Gasteiger partial charge in [-0.15, -0.1) is 0 Å². The molecule has 2 aromatic rings. The smallest absolute Gasteiger partial charge is 0.142 e. The van der Waals surface area contributed by atoms with Crippen molar-refractivity contribution in [3.05, 3.63) is 64.4 Å². The van der Waals surface area contributed by atoms with Gasteiger partial charge in [0.25, 0.3) is 0 Å². The van der Waals surface area contributed by atoms with E-state index in [2.05, 4.69) is 15.9 Å². The molecule has 0 N–H and O–H groups in total. The number of alkyl halides is 1. The summed E-state index contributed by atoms with van der Waals surface area (Å²) in [6.45, 7) is 0.254. The van der Waals surface area contributed by atoms with E-state index < -0.39 is 5.82 Å². The summed E-state index contributed by atoms with van der Waals surface area (Å²) in [7, 11) is 0. The topological polar surface area (TPSA) is 9.23 Å². The molecule has 0 radical (unpaired) electrons. The third-order valence-corrected chi connectivity index (χ3v) is 3.57. The fourth-order valence-electron chi connectivity index (χ4n) is 1.50. The summed E-state index contributed by atoms with van der Waals surface area (Å²) in [4.78, 5) is 0. The van der Waals surface area contributed by atoms with E-state index in [9.17, 15) is 4.39 Å². The second-order valence-corrected chi connectivity index (χ2v) is 4.72. The van der Waals surface area contributed by atoms with E-state index in [0.29, 0.717) is 5.56 Å². The largest absolute Gasteiger partial charge is 0.489 e. The predicted molar refractivity (Wildman–Crippen MR) is 74.8 cm³/mol. The minimum Gasteiger partial charge on any atom is -0.489 e. The van der Waals surface area contributed by atoms with Crippen molar-refractivity contribution in [2.45, 2.75) is 11.9 Å². The maximum Gasteiger partial charge on any atom is 0.142 e. The van der Waals surface area contributed by atoms with Crippen molar-refractivity contribution in [2.24, 2.45) is 0 Å². The summed E-state index contributed by atoms with van der Waals surface area (Å²) in [5, 5.41) is 0.929. The van der Waals surface area contributed by atoms with Gasteiger partial charge in [-0.3, -0.25) is 0 Å². The molecule has 0 saturated heterocycles. The lowest BCUT2D eigenvalue weighted by Gasteiger charge is -2.08. The molecule has 0 spiro atoms. The van der Waals surface area contributed by atoms with Crippen LogP contribution in [0, 0.1) is 5.82 Å². The Balaban J connectivity index is 2.04. The zero-order chi connectivity index (χ0) is 13.0. The Labute approximate surface area is 119 Å². The van der Waals surface area contributed by atoms with Gasteiger partial charge < -0.3 is 4.74 Å². The van der Waals surface area contributed by atoms with Crippen LogP contribution in [0.25, 0.3) is 0 Å².